The second-order valence-electron chi connectivity index (χ2n) is 9.72. The third-order valence-electron chi connectivity index (χ3n) is 7.36. The fraction of sp³-hybridized carbons (Fsp3) is 0.833. The lowest BCUT2D eigenvalue weighted by atomic mass is 9.81. The van der Waals surface area contributed by atoms with E-state index in [1.54, 1.807) is 0 Å². The third kappa shape index (κ3) is 7.29. The van der Waals surface area contributed by atoms with E-state index in [0.717, 1.165) is 89.1 Å². The average molecular weight is 433 g/mol. The van der Waals surface area contributed by atoms with Crippen LogP contribution in [0.25, 0.3) is 0 Å². The van der Waals surface area contributed by atoms with Crippen LogP contribution < -0.4 is 10.6 Å². The first-order valence-corrected chi connectivity index (χ1v) is 12.5. The SMILES string of the molecule is O=C(CC1CCNCC1Cc1cc(CC2CCCCC2)on1)NCCN1CCOCC1. The molecule has 2 unspecified atom stereocenters. The zero-order valence-electron chi connectivity index (χ0n) is 18.9. The van der Waals surface area contributed by atoms with Crippen LogP contribution in [0.4, 0.5) is 0 Å². The Balaban J connectivity index is 1.21. The Morgan fingerprint density at radius 2 is 1.97 bits per heavy atom. The average Bonchev–Trinajstić information content (AvgIpc) is 3.23. The predicted molar refractivity (Wildman–Crippen MR) is 120 cm³/mol. The molecule has 1 aromatic heterocycles. The molecule has 0 bridgehead atoms. The van der Waals surface area contributed by atoms with Crippen molar-refractivity contribution in [3.8, 4) is 0 Å². The Bertz CT molecular complexity index is 668. The van der Waals surface area contributed by atoms with Crippen molar-refractivity contribution >= 4 is 5.91 Å². The van der Waals surface area contributed by atoms with Crippen molar-refractivity contribution in [3.63, 3.8) is 0 Å². The highest BCUT2D eigenvalue weighted by Gasteiger charge is 2.28. The van der Waals surface area contributed by atoms with E-state index in [4.69, 9.17) is 9.26 Å². The van der Waals surface area contributed by atoms with Gasteiger partial charge in [0.1, 0.15) is 5.76 Å². The quantitative estimate of drug-likeness (QED) is 0.624. The number of morpholine rings is 1. The van der Waals surface area contributed by atoms with Gasteiger partial charge in [-0.25, -0.2) is 0 Å². The van der Waals surface area contributed by atoms with Crippen LogP contribution in [-0.4, -0.2) is 68.4 Å². The molecule has 2 atom stereocenters. The van der Waals surface area contributed by atoms with Crippen LogP contribution in [0.2, 0.25) is 0 Å². The van der Waals surface area contributed by atoms with Crippen molar-refractivity contribution in [2.75, 3.05) is 52.5 Å². The summed E-state index contributed by atoms with van der Waals surface area (Å²) < 4.78 is 11.1. The summed E-state index contributed by atoms with van der Waals surface area (Å²) >= 11 is 0. The topological polar surface area (TPSA) is 79.6 Å². The van der Waals surface area contributed by atoms with Crippen molar-refractivity contribution in [1.29, 1.82) is 0 Å². The van der Waals surface area contributed by atoms with Gasteiger partial charge in [-0.1, -0.05) is 37.3 Å². The van der Waals surface area contributed by atoms with Crippen LogP contribution in [0.5, 0.6) is 0 Å². The fourth-order valence-corrected chi connectivity index (χ4v) is 5.47. The molecule has 1 amide bonds. The zero-order valence-corrected chi connectivity index (χ0v) is 18.9. The summed E-state index contributed by atoms with van der Waals surface area (Å²) in [6.07, 6.45) is 10.3. The van der Waals surface area contributed by atoms with E-state index in [0.29, 0.717) is 18.3 Å². The maximum absolute atomic E-state index is 12.6. The van der Waals surface area contributed by atoms with E-state index in [1.165, 1.54) is 32.1 Å². The highest BCUT2D eigenvalue weighted by Crippen LogP contribution is 2.29. The minimum Gasteiger partial charge on any atom is -0.379 e. The van der Waals surface area contributed by atoms with E-state index in [2.05, 4.69) is 26.8 Å². The lowest BCUT2D eigenvalue weighted by Gasteiger charge is -2.31. The predicted octanol–water partition coefficient (Wildman–Crippen LogP) is 2.40. The van der Waals surface area contributed by atoms with Crippen LogP contribution in [-0.2, 0) is 22.4 Å². The molecule has 174 valence electrons. The normalized spacial score (nSPS) is 26.1. The van der Waals surface area contributed by atoms with Crippen molar-refractivity contribution in [3.05, 3.63) is 17.5 Å². The smallest absolute Gasteiger partial charge is 0.220 e. The standard InChI is InChI=1S/C24H40N4O3/c29-24(26-8-9-28-10-12-30-13-11-28)16-20-6-7-25-18-21(20)15-22-17-23(31-27-22)14-19-4-2-1-3-5-19/h17,19-21,25H,1-16,18H2,(H,26,29). The third-order valence-corrected chi connectivity index (χ3v) is 7.36. The zero-order chi connectivity index (χ0) is 21.3. The highest BCUT2D eigenvalue weighted by molar-refractivity contribution is 5.76. The number of carbonyl (C=O) groups excluding carboxylic acids is 1. The number of aromatic nitrogens is 1. The molecule has 3 aliphatic rings. The second kappa shape index (κ2) is 12.0. The highest BCUT2D eigenvalue weighted by atomic mass is 16.5. The first-order valence-electron chi connectivity index (χ1n) is 12.5. The maximum Gasteiger partial charge on any atom is 0.220 e. The number of amides is 1. The van der Waals surface area contributed by atoms with Crippen molar-refractivity contribution < 1.29 is 14.1 Å². The van der Waals surface area contributed by atoms with Gasteiger partial charge in [-0.2, -0.15) is 0 Å². The molecular formula is C24H40N4O3. The Morgan fingerprint density at radius 1 is 1.13 bits per heavy atom. The van der Waals surface area contributed by atoms with Gasteiger partial charge in [-0.3, -0.25) is 9.69 Å². The molecular weight excluding hydrogens is 392 g/mol. The van der Waals surface area contributed by atoms with Crippen LogP contribution in [0.1, 0.15) is 56.4 Å². The molecule has 1 aliphatic carbocycles. The van der Waals surface area contributed by atoms with E-state index < -0.39 is 0 Å². The van der Waals surface area contributed by atoms with Gasteiger partial charge in [0.15, 0.2) is 0 Å². The molecule has 2 N–H and O–H groups in total. The summed E-state index contributed by atoms with van der Waals surface area (Å²) in [7, 11) is 0. The maximum atomic E-state index is 12.6. The summed E-state index contributed by atoms with van der Waals surface area (Å²) in [6, 6.07) is 2.17. The van der Waals surface area contributed by atoms with Crippen molar-refractivity contribution in [2.45, 2.75) is 57.8 Å². The summed E-state index contributed by atoms with van der Waals surface area (Å²) in [6.45, 7) is 7.11. The molecule has 0 radical (unpaired) electrons. The molecule has 3 heterocycles. The summed E-state index contributed by atoms with van der Waals surface area (Å²) in [4.78, 5) is 14.9. The summed E-state index contributed by atoms with van der Waals surface area (Å²) in [5.74, 6) is 2.83. The fourth-order valence-electron chi connectivity index (χ4n) is 5.47. The molecule has 1 saturated carbocycles. The molecule has 2 saturated heterocycles. The number of hydrogen-bond donors (Lipinski definition) is 2. The monoisotopic (exact) mass is 432 g/mol. The van der Waals surface area contributed by atoms with E-state index in [1.807, 2.05) is 0 Å². The minimum absolute atomic E-state index is 0.184. The van der Waals surface area contributed by atoms with E-state index in [-0.39, 0.29) is 5.91 Å². The van der Waals surface area contributed by atoms with Crippen molar-refractivity contribution in [1.82, 2.24) is 20.7 Å². The molecule has 2 aliphatic heterocycles. The van der Waals surface area contributed by atoms with Gasteiger partial charge in [0.05, 0.1) is 18.9 Å². The van der Waals surface area contributed by atoms with E-state index in [9.17, 15) is 4.79 Å². The number of nitrogens with zero attached hydrogens (tertiary/aromatic N) is 2. The number of piperidine rings is 1. The molecule has 31 heavy (non-hydrogen) atoms. The number of carbonyl (C=O) groups is 1. The van der Waals surface area contributed by atoms with Gasteiger partial charge in [0, 0.05) is 45.1 Å². The van der Waals surface area contributed by atoms with Gasteiger partial charge in [0.2, 0.25) is 5.91 Å². The lowest BCUT2D eigenvalue weighted by molar-refractivity contribution is -0.122. The summed E-state index contributed by atoms with van der Waals surface area (Å²) in [5.41, 5.74) is 1.05. The van der Waals surface area contributed by atoms with Crippen molar-refractivity contribution in [2.24, 2.45) is 17.8 Å². The first kappa shape index (κ1) is 22.7. The molecule has 7 heteroatoms. The number of ether oxygens (including phenoxy) is 1. The minimum atomic E-state index is 0.184. The van der Waals surface area contributed by atoms with Gasteiger partial charge in [-0.15, -0.1) is 0 Å². The van der Waals surface area contributed by atoms with Crippen LogP contribution >= 0.6 is 0 Å². The Hall–Kier alpha value is -1.44. The summed E-state index contributed by atoms with van der Waals surface area (Å²) in [5, 5.41) is 11.0. The van der Waals surface area contributed by atoms with Gasteiger partial charge < -0.3 is 19.9 Å². The second-order valence-corrected chi connectivity index (χ2v) is 9.72. The molecule has 0 spiro atoms. The Kier molecular flexibility index (Phi) is 8.79. The molecule has 1 aromatic rings. The number of rotatable bonds is 9. The van der Waals surface area contributed by atoms with Gasteiger partial charge in [-0.05, 0) is 43.7 Å². The van der Waals surface area contributed by atoms with Gasteiger partial charge in [0.25, 0.3) is 0 Å². The van der Waals surface area contributed by atoms with Gasteiger partial charge >= 0.3 is 0 Å². The largest absolute Gasteiger partial charge is 0.379 e. The molecule has 3 fully saturated rings. The number of nitrogens with one attached hydrogen (secondary N) is 2. The van der Waals surface area contributed by atoms with E-state index >= 15 is 0 Å². The Labute approximate surface area is 186 Å². The molecule has 7 nitrogen and oxygen atoms in total. The first-order chi connectivity index (χ1) is 15.3. The van der Waals surface area contributed by atoms with Crippen LogP contribution in [0.15, 0.2) is 10.6 Å². The number of hydrogen-bond acceptors (Lipinski definition) is 6. The molecule has 4 rings (SSSR count). The Morgan fingerprint density at radius 3 is 2.81 bits per heavy atom. The van der Waals surface area contributed by atoms with Crippen LogP contribution in [0.3, 0.4) is 0 Å². The lowest BCUT2D eigenvalue weighted by Crippen LogP contribution is -2.43. The van der Waals surface area contributed by atoms with Crippen LogP contribution in [0, 0.1) is 17.8 Å². The molecule has 0 aromatic carbocycles.